The van der Waals surface area contributed by atoms with Gasteiger partial charge in [-0.1, -0.05) is 35.4 Å². The molecule has 22 heavy (non-hydrogen) atoms. The summed E-state index contributed by atoms with van der Waals surface area (Å²) in [7, 11) is 0. The first-order chi connectivity index (χ1) is 10.7. The molecule has 0 radical (unpaired) electrons. The zero-order chi connectivity index (χ0) is 15.6. The minimum Gasteiger partial charge on any atom is -0.481 e. The van der Waals surface area contributed by atoms with Crippen LogP contribution in [0.5, 0.6) is 11.5 Å². The predicted octanol–water partition coefficient (Wildman–Crippen LogP) is 3.77. The molecule has 2 aromatic carbocycles. The minimum atomic E-state index is 0.330. The number of aryl methyl sites for hydroxylation is 2. The van der Waals surface area contributed by atoms with E-state index in [1.807, 2.05) is 62.4 Å². The average Bonchev–Trinajstić information content (AvgIpc) is 2.53. The van der Waals surface area contributed by atoms with Crippen molar-refractivity contribution in [2.24, 2.45) is 0 Å². The summed E-state index contributed by atoms with van der Waals surface area (Å²) in [5.74, 6) is 12.8. The van der Waals surface area contributed by atoms with Gasteiger partial charge < -0.3 is 9.47 Å². The van der Waals surface area contributed by atoms with E-state index in [0.717, 1.165) is 11.5 Å². The Morgan fingerprint density at radius 3 is 1.36 bits per heavy atom. The summed E-state index contributed by atoms with van der Waals surface area (Å²) in [5.41, 5.74) is 2.41. The highest BCUT2D eigenvalue weighted by molar-refractivity contribution is 5.30. The molecule has 0 saturated carbocycles. The van der Waals surface area contributed by atoms with Gasteiger partial charge in [0, 0.05) is 0 Å². The molecule has 0 amide bonds. The molecule has 0 N–H and O–H groups in total. The van der Waals surface area contributed by atoms with Crippen molar-refractivity contribution in [2.75, 3.05) is 13.2 Å². The topological polar surface area (TPSA) is 18.5 Å². The molecule has 0 aliphatic heterocycles. The van der Waals surface area contributed by atoms with Gasteiger partial charge in [-0.15, -0.1) is 0 Å². The average molecular weight is 290 g/mol. The van der Waals surface area contributed by atoms with Crippen molar-refractivity contribution < 1.29 is 9.47 Å². The molecule has 2 heteroatoms. The monoisotopic (exact) mass is 290 g/mol. The molecule has 2 nitrogen and oxygen atoms in total. The lowest BCUT2D eigenvalue weighted by Crippen LogP contribution is -1.94. The van der Waals surface area contributed by atoms with Gasteiger partial charge in [-0.2, -0.15) is 0 Å². The SMILES string of the molecule is Cc1ccc(OCC#CC#CCOc2ccc(C)cc2)cc1. The Hall–Kier alpha value is -2.84. The van der Waals surface area contributed by atoms with Gasteiger partial charge in [-0.25, -0.2) is 0 Å². The highest BCUT2D eigenvalue weighted by Crippen LogP contribution is 2.11. The van der Waals surface area contributed by atoms with E-state index in [1.54, 1.807) is 0 Å². The van der Waals surface area contributed by atoms with E-state index in [1.165, 1.54) is 11.1 Å². The van der Waals surface area contributed by atoms with Gasteiger partial charge in [0.1, 0.15) is 24.7 Å². The van der Waals surface area contributed by atoms with Gasteiger partial charge in [-0.3, -0.25) is 0 Å². The zero-order valence-electron chi connectivity index (χ0n) is 12.8. The highest BCUT2D eigenvalue weighted by Gasteiger charge is 1.90. The van der Waals surface area contributed by atoms with Crippen molar-refractivity contribution in [2.45, 2.75) is 13.8 Å². The summed E-state index contributed by atoms with van der Waals surface area (Å²) in [6.07, 6.45) is 0. The molecule has 0 aromatic heterocycles. The van der Waals surface area contributed by atoms with Crippen molar-refractivity contribution >= 4 is 0 Å². The van der Waals surface area contributed by atoms with Crippen molar-refractivity contribution in [3.63, 3.8) is 0 Å². The van der Waals surface area contributed by atoms with Gasteiger partial charge in [0.05, 0.1) is 0 Å². The van der Waals surface area contributed by atoms with Gasteiger partial charge in [0.15, 0.2) is 0 Å². The fraction of sp³-hybridized carbons (Fsp3) is 0.200. The van der Waals surface area contributed by atoms with Crippen LogP contribution in [0.25, 0.3) is 0 Å². The Morgan fingerprint density at radius 2 is 1.00 bits per heavy atom. The van der Waals surface area contributed by atoms with Gasteiger partial charge >= 0.3 is 0 Å². The zero-order valence-corrected chi connectivity index (χ0v) is 12.8. The van der Waals surface area contributed by atoms with Crippen molar-refractivity contribution in [1.29, 1.82) is 0 Å². The molecule has 0 aliphatic rings. The normalized spacial score (nSPS) is 9.00. The van der Waals surface area contributed by atoms with E-state index < -0.39 is 0 Å². The summed E-state index contributed by atoms with van der Waals surface area (Å²) in [6.45, 7) is 4.74. The standard InChI is InChI=1S/C20H18O2/c1-17-7-11-19(12-8-17)21-15-5-3-4-6-16-22-20-13-9-18(2)10-14-20/h7-14H,15-16H2,1-2H3. The first kappa shape index (κ1) is 15.5. The molecule has 0 bridgehead atoms. The van der Waals surface area contributed by atoms with E-state index in [9.17, 15) is 0 Å². The van der Waals surface area contributed by atoms with E-state index in [0.29, 0.717) is 13.2 Å². The molecule has 0 aliphatic carbocycles. The summed E-state index contributed by atoms with van der Waals surface area (Å²) in [5, 5.41) is 0. The van der Waals surface area contributed by atoms with Crippen LogP contribution in [-0.2, 0) is 0 Å². The molecule has 0 spiro atoms. The third-order valence-corrected chi connectivity index (χ3v) is 2.90. The van der Waals surface area contributed by atoms with E-state index >= 15 is 0 Å². The first-order valence-corrected chi connectivity index (χ1v) is 7.09. The fourth-order valence-electron chi connectivity index (χ4n) is 1.67. The van der Waals surface area contributed by atoms with E-state index in [-0.39, 0.29) is 0 Å². The molecule has 0 unspecified atom stereocenters. The van der Waals surface area contributed by atoms with Crippen LogP contribution in [-0.4, -0.2) is 13.2 Å². The molecule has 0 atom stereocenters. The third kappa shape index (κ3) is 5.65. The lowest BCUT2D eigenvalue weighted by atomic mass is 10.2. The number of ether oxygens (including phenoxy) is 2. The van der Waals surface area contributed by atoms with E-state index in [4.69, 9.17) is 9.47 Å². The molecular weight excluding hydrogens is 272 g/mol. The maximum atomic E-state index is 5.48. The molecular formula is C20H18O2. The molecule has 0 saturated heterocycles. The van der Waals surface area contributed by atoms with Gasteiger partial charge in [0.2, 0.25) is 0 Å². The first-order valence-electron chi connectivity index (χ1n) is 7.09. The Labute approximate surface area is 132 Å². The summed E-state index contributed by atoms with van der Waals surface area (Å²) in [6, 6.07) is 15.7. The second kappa shape index (κ2) is 8.45. The Kier molecular flexibility index (Phi) is 5.97. The quantitative estimate of drug-likeness (QED) is 0.798. The van der Waals surface area contributed by atoms with Crippen LogP contribution in [0.3, 0.4) is 0 Å². The van der Waals surface area contributed by atoms with Gasteiger partial charge in [0.25, 0.3) is 0 Å². The third-order valence-electron chi connectivity index (χ3n) is 2.90. The fourth-order valence-corrected chi connectivity index (χ4v) is 1.67. The van der Waals surface area contributed by atoms with E-state index in [2.05, 4.69) is 23.7 Å². The van der Waals surface area contributed by atoms with Gasteiger partial charge in [-0.05, 0) is 61.8 Å². The van der Waals surface area contributed by atoms with Crippen LogP contribution in [0.4, 0.5) is 0 Å². The molecule has 2 rings (SSSR count). The van der Waals surface area contributed by atoms with Crippen LogP contribution >= 0.6 is 0 Å². The minimum absolute atomic E-state index is 0.330. The molecule has 110 valence electrons. The number of hydrogen-bond acceptors (Lipinski definition) is 2. The number of rotatable bonds is 4. The second-order valence-electron chi connectivity index (χ2n) is 4.81. The Morgan fingerprint density at radius 1 is 0.636 bits per heavy atom. The van der Waals surface area contributed by atoms with Crippen LogP contribution in [0.2, 0.25) is 0 Å². The van der Waals surface area contributed by atoms with Crippen molar-refractivity contribution in [1.82, 2.24) is 0 Å². The summed E-state index contributed by atoms with van der Waals surface area (Å²) >= 11 is 0. The Balaban J connectivity index is 1.68. The van der Waals surface area contributed by atoms with Crippen molar-refractivity contribution in [3.05, 3.63) is 59.7 Å². The van der Waals surface area contributed by atoms with Crippen LogP contribution in [0.15, 0.2) is 48.5 Å². The number of hydrogen-bond donors (Lipinski definition) is 0. The lowest BCUT2D eigenvalue weighted by Gasteiger charge is -2.01. The van der Waals surface area contributed by atoms with Crippen LogP contribution in [0, 0.1) is 37.5 Å². The largest absolute Gasteiger partial charge is 0.481 e. The lowest BCUT2D eigenvalue weighted by molar-refractivity contribution is 0.369. The van der Waals surface area contributed by atoms with Crippen molar-refractivity contribution in [3.8, 4) is 35.2 Å². The number of benzene rings is 2. The molecule has 2 aromatic rings. The molecule has 0 heterocycles. The highest BCUT2D eigenvalue weighted by atomic mass is 16.5. The molecule has 0 fully saturated rings. The predicted molar refractivity (Wildman–Crippen MR) is 88.9 cm³/mol. The maximum Gasteiger partial charge on any atom is 0.150 e. The van der Waals surface area contributed by atoms with Crippen LogP contribution in [0.1, 0.15) is 11.1 Å². The Bertz CT molecular complexity index is 639. The summed E-state index contributed by atoms with van der Waals surface area (Å²) < 4.78 is 11.0. The van der Waals surface area contributed by atoms with Crippen LogP contribution < -0.4 is 9.47 Å². The smallest absolute Gasteiger partial charge is 0.150 e. The maximum absolute atomic E-state index is 5.48. The second-order valence-corrected chi connectivity index (χ2v) is 4.81. The summed E-state index contributed by atoms with van der Waals surface area (Å²) in [4.78, 5) is 0.